The van der Waals surface area contributed by atoms with Crippen LogP contribution in [0.15, 0.2) is 36.7 Å². The summed E-state index contributed by atoms with van der Waals surface area (Å²) in [4.78, 5) is 39.2. The molecule has 0 amide bonds. The van der Waals surface area contributed by atoms with Gasteiger partial charge in [0.05, 0.1) is 12.1 Å². The number of carbonyl (C=O) groups excluding carboxylic acids is 3. The van der Waals surface area contributed by atoms with Gasteiger partial charge in [-0.1, -0.05) is 0 Å². The molecule has 31 heavy (non-hydrogen) atoms. The van der Waals surface area contributed by atoms with Gasteiger partial charge in [-0.15, -0.1) is 0 Å². The SMILES string of the molecule is CC(=O)O[C@@H]1[C@H](OC(=O)c2cccn2C)[C@@H]2C[C@H](OC(=O)c3cccn3C)C[C@H]1N2C. The first-order valence-electron chi connectivity index (χ1n) is 10.3. The van der Waals surface area contributed by atoms with Crippen LogP contribution in [0.5, 0.6) is 0 Å². The van der Waals surface area contributed by atoms with E-state index in [0.717, 1.165) is 0 Å². The van der Waals surface area contributed by atoms with Gasteiger partial charge in [-0.2, -0.15) is 0 Å². The number of aromatic nitrogens is 2. The van der Waals surface area contributed by atoms with Gasteiger partial charge in [0.2, 0.25) is 0 Å². The van der Waals surface area contributed by atoms with Crippen molar-refractivity contribution < 1.29 is 28.6 Å². The molecule has 2 saturated heterocycles. The van der Waals surface area contributed by atoms with Gasteiger partial charge in [-0.05, 0) is 31.3 Å². The topological polar surface area (TPSA) is 92.0 Å². The van der Waals surface area contributed by atoms with E-state index in [1.807, 2.05) is 7.05 Å². The molecule has 2 aliphatic rings. The minimum Gasteiger partial charge on any atom is -0.458 e. The van der Waals surface area contributed by atoms with Crippen molar-refractivity contribution in [2.75, 3.05) is 7.05 Å². The number of carbonyl (C=O) groups is 3. The van der Waals surface area contributed by atoms with Crippen molar-refractivity contribution in [3.8, 4) is 0 Å². The smallest absolute Gasteiger partial charge is 0.355 e. The van der Waals surface area contributed by atoms with E-state index >= 15 is 0 Å². The van der Waals surface area contributed by atoms with E-state index < -0.39 is 30.1 Å². The monoisotopic (exact) mass is 429 g/mol. The van der Waals surface area contributed by atoms with Crippen LogP contribution in [-0.4, -0.2) is 69.4 Å². The van der Waals surface area contributed by atoms with Gasteiger partial charge >= 0.3 is 17.9 Å². The number of rotatable bonds is 5. The van der Waals surface area contributed by atoms with Crippen molar-refractivity contribution in [2.45, 2.75) is 50.2 Å². The Hall–Kier alpha value is -3.07. The van der Waals surface area contributed by atoms with Crippen LogP contribution in [0.25, 0.3) is 0 Å². The standard InChI is InChI=1S/C22H27N3O6/c1-13(26)29-19-17-11-14(30-21(27)15-7-5-9-23(15)2)12-18(25(17)4)20(19)31-22(28)16-8-6-10-24(16)3/h5-10,14,17-20H,11-12H2,1-4H3/t14-,17-,18+,19+,20-/m1/s1. The molecule has 5 atom stereocenters. The number of aryl methyl sites for hydroxylation is 2. The molecule has 0 aromatic carbocycles. The maximum atomic E-state index is 12.8. The molecule has 0 radical (unpaired) electrons. The fourth-order valence-electron chi connectivity index (χ4n) is 4.70. The Kier molecular flexibility index (Phi) is 5.62. The Morgan fingerprint density at radius 3 is 1.74 bits per heavy atom. The molecular weight excluding hydrogens is 402 g/mol. The minimum absolute atomic E-state index is 0.222. The van der Waals surface area contributed by atoms with Gasteiger partial charge < -0.3 is 23.3 Å². The van der Waals surface area contributed by atoms with E-state index in [-0.39, 0.29) is 18.2 Å². The number of hydrogen-bond donors (Lipinski definition) is 0. The number of esters is 3. The normalized spacial score (nSPS) is 27.7. The lowest BCUT2D eigenvalue weighted by molar-refractivity contribution is -0.152. The molecule has 2 fully saturated rings. The fraction of sp³-hybridized carbons (Fsp3) is 0.500. The van der Waals surface area contributed by atoms with E-state index in [1.165, 1.54) is 6.92 Å². The average Bonchev–Trinajstić information content (AvgIpc) is 3.36. The van der Waals surface area contributed by atoms with Crippen molar-refractivity contribution in [1.82, 2.24) is 14.0 Å². The Labute approximate surface area is 180 Å². The highest BCUT2D eigenvalue weighted by atomic mass is 16.6. The van der Waals surface area contributed by atoms with Crippen molar-refractivity contribution in [2.24, 2.45) is 14.1 Å². The number of likely N-dealkylation sites (N-methyl/N-ethyl adjacent to an activating group) is 1. The zero-order valence-corrected chi connectivity index (χ0v) is 18.1. The van der Waals surface area contributed by atoms with Crippen LogP contribution < -0.4 is 0 Å². The lowest BCUT2D eigenvalue weighted by atomic mass is 10.00. The van der Waals surface area contributed by atoms with Crippen LogP contribution in [0.2, 0.25) is 0 Å². The van der Waals surface area contributed by atoms with Gasteiger partial charge in [0.1, 0.15) is 17.5 Å². The third-order valence-electron chi connectivity index (χ3n) is 6.26. The van der Waals surface area contributed by atoms with Crippen LogP contribution in [0.1, 0.15) is 40.7 Å². The first kappa shape index (κ1) is 21.2. The number of ether oxygens (including phenoxy) is 3. The summed E-state index contributed by atoms with van der Waals surface area (Å²) in [6.45, 7) is 1.34. The van der Waals surface area contributed by atoms with E-state index in [9.17, 15) is 14.4 Å². The van der Waals surface area contributed by atoms with E-state index in [2.05, 4.69) is 4.90 Å². The molecule has 0 unspecified atom stereocenters. The van der Waals surface area contributed by atoms with Gasteiger partial charge in [-0.25, -0.2) is 9.59 Å². The number of fused-ring (bicyclic) bond motifs is 2. The van der Waals surface area contributed by atoms with Crippen LogP contribution >= 0.6 is 0 Å². The first-order valence-corrected chi connectivity index (χ1v) is 10.3. The molecule has 9 nitrogen and oxygen atoms in total. The highest BCUT2D eigenvalue weighted by Gasteiger charge is 2.56. The molecule has 2 bridgehead atoms. The largest absolute Gasteiger partial charge is 0.458 e. The molecule has 4 heterocycles. The quantitative estimate of drug-likeness (QED) is 0.526. The molecule has 0 spiro atoms. The first-order chi connectivity index (χ1) is 14.8. The molecule has 9 heteroatoms. The molecule has 0 N–H and O–H groups in total. The summed E-state index contributed by atoms with van der Waals surface area (Å²) in [6, 6.07) is 6.47. The maximum absolute atomic E-state index is 12.8. The lowest BCUT2D eigenvalue weighted by Crippen LogP contribution is -2.46. The van der Waals surface area contributed by atoms with Gasteiger partial charge in [-0.3, -0.25) is 9.69 Å². The maximum Gasteiger partial charge on any atom is 0.355 e. The summed E-state index contributed by atoms with van der Waals surface area (Å²) in [5.74, 6) is -1.32. The molecule has 2 aliphatic heterocycles. The molecule has 2 aromatic heterocycles. The number of hydrogen-bond acceptors (Lipinski definition) is 7. The van der Waals surface area contributed by atoms with Crippen LogP contribution in [0, 0.1) is 0 Å². The van der Waals surface area contributed by atoms with Gasteiger partial charge in [0.25, 0.3) is 0 Å². The third kappa shape index (κ3) is 3.97. The summed E-state index contributed by atoms with van der Waals surface area (Å²) < 4.78 is 20.6. The van der Waals surface area contributed by atoms with E-state index in [4.69, 9.17) is 14.2 Å². The summed E-state index contributed by atoms with van der Waals surface area (Å²) >= 11 is 0. The summed E-state index contributed by atoms with van der Waals surface area (Å²) in [5.41, 5.74) is 0.881. The Morgan fingerprint density at radius 2 is 1.29 bits per heavy atom. The Bertz CT molecular complexity index is 995. The summed E-state index contributed by atoms with van der Waals surface area (Å²) in [5, 5.41) is 0. The second-order valence-electron chi connectivity index (χ2n) is 8.25. The molecule has 166 valence electrons. The van der Waals surface area contributed by atoms with Crippen LogP contribution in [0.4, 0.5) is 0 Å². The van der Waals surface area contributed by atoms with Crippen molar-refractivity contribution in [1.29, 1.82) is 0 Å². The van der Waals surface area contributed by atoms with E-state index in [1.54, 1.807) is 59.9 Å². The van der Waals surface area contributed by atoms with Gasteiger partial charge in [0, 0.05) is 46.3 Å². The molecule has 0 saturated carbocycles. The predicted octanol–water partition coefficient (Wildman–Crippen LogP) is 1.52. The lowest BCUT2D eigenvalue weighted by Gasteiger charge is -2.36. The van der Waals surface area contributed by atoms with Crippen molar-refractivity contribution >= 4 is 17.9 Å². The fourth-order valence-corrected chi connectivity index (χ4v) is 4.70. The average molecular weight is 429 g/mol. The van der Waals surface area contributed by atoms with Crippen molar-refractivity contribution in [3.05, 3.63) is 48.0 Å². The zero-order valence-electron chi connectivity index (χ0n) is 18.1. The summed E-state index contributed by atoms with van der Waals surface area (Å²) in [7, 11) is 5.46. The molecule has 4 rings (SSSR count). The van der Waals surface area contributed by atoms with Gasteiger partial charge in [0.15, 0.2) is 12.2 Å². The van der Waals surface area contributed by atoms with Crippen LogP contribution in [-0.2, 0) is 33.1 Å². The predicted molar refractivity (Wildman–Crippen MR) is 109 cm³/mol. The molecule has 0 aliphatic carbocycles. The Morgan fingerprint density at radius 1 is 0.806 bits per heavy atom. The minimum atomic E-state index is -0.653. The van der Waals surface area contributed by atoms with E-state index in [0.29, 0.717) is 24.2 Å². The van der Waals surface area contributed by atoms with Crippen molar-refractivity contribution in [3.63, 3.8) is 0 Å². The molecular formula is C22H27N3O6. The number of piperidine rings is 1. The highest BCUT2D eigenvalue weighted by Crippen LogP contribution is 2.40. The van der Waals surface area contributed by atoms with Crippen LogP contribution in [0.3, 0.4) is 0 Å². The Balaban J connectivity index is 1.53. The molecule has 2 aromatic rings. The highest BCUT2D eigenvalue weighted by molar-refractivity contribution is 5.88. The third-order valence-corrected chi connectivity index (χ3v) is 6.26. The second kappa shape index (κ2) is 8.22. The summed E-state index contributed by atoms with van der Waals surface area (Å²) in [6.07, 6.45) is 2.86. The second-order valence-corrected chi connectivity index (χ2v) is 8.25. The zero-order chi connectivity index (χ0) is 22.3. The number of nitrogens with zero attached hydrogens (tertiary/aromatic N) is 3.